The monoisotopic (exact) mass is 265 g/mol. The number of fused-ring (bicyclic) bond motifs is 1. The molecule has 0 bridgehead atoms. The first-order chi connectivity index (χ1) is 9.21. The minimum Gasteiger partial charge on any atom is -0.353 e. The zero-order chi connectivity index (χ0) is 13.3. The summed E-state index contributed by atoms with van der Waals surface area (Å²) >= 11 is 0. The van der Waals surface area contributed by atoms with E-state index in [1.807, 2.05) is 0 Å². The van der Waals surface area contributed by atoms with Crippen LogP contribution in [-0.2, 0) is 4.79 Å². The van der Waals surface area contributed by atoms with Gasteiger partial charge in [0.2, 0.25) is 5.91 Å². The molecule has 3 fully saturated rings. The summed E-state index contributed by atoms with van der Waals surface area (Å²) in [6, 6.07) is 1.13. The van der Waals surface area contributed by atoms with E-state index in [0.29, 0.717) is 19.0 Å². The van der Waals surface area contributed by atoms with Crippen LogP contribution in [0.15, 0.2) is 0 Å². The molecule has 4 heteroatoms. The standard InChI is InChI=1S/C15H27N3O/c16-11-15(5-2-6-15)10-14(19)17-12-4-8-18-7-1-3-13(18)9-12/h12-13H,1-11,16H2,(H,17,19). The first-order valence-electron chi connectivity index (χ1n) is 7.94. The number of nitrogens with two attached hydrogens (primary N) is 1. The van der Waals surface area contributed by atoms with Gasteiger partial charge in [0.15, 0.2) is 0 Å². The van der Waals surface area contributed by atoms with Crippen molar-refractivity contribution in [1.29, 1.82) is 0 Å². The van der Waals surface area contributed by atoms with Gasteiger partial charge >= 0.3 is 0 Å². The van der Waals surface area contributed by atoms with Crippen LogP contribution in [0, 0.1) is 5.41 Å². The molecular weight excluding hydrogens is 238 g/mol. The van der Waals surface area contributed by atoms with Gasteiger partial charge in [-0.15, -0.1) is 0 Å². The molecule has 2 saturated heterocycles. The number of hydrogen-bond donors (Lipinski definition) is 2. The van der Waals surface area contributed by atoms with Crippen molar-refractivity contribution >= 4 is 5.91 Å². The number of carbonyl (C=O) groups is 1. The minimum absolute atomic E-state index is 0.137. The average Bonchev–Trinajstić information content (AvgIpc) is 2.81. The van der Waals surface area contributed by atoms with Crippen LogP contribution in [0.25, 0.3) is 0 Å². The van der Waals surface area contributed by atoms with Crippen molar-refractivity contribution in [3.63, 3.8) is 0 Å². The van der Waals surface area contributed by atoms with E-state index in [1.165, 1.54) is 25.8 Å². The zero-order valence-corrected chi connectivity index (χ0v) is 11.9. The fourth-order valence-corrected chi connectivity index (χ4v) is 4.10. The van der Waals surface area contributed by atoms with Gasteiger partial charge in [0.1, 0.15) is 0 Å². The van der Waals surface area contributed by atoms with Gasteiger partial charge in [0.25, 0.3) is 0 Å². The van der Waals surface area contributed by atoms with Gasteiger partial charge in [0, 0.05) is 25.0 Å². The number of amides is 1. The summed E-state index contributed by atoms with van der Waals surface area (Å²) in [4.78, 5) is 14.8. The molecule has 19 heavy (non-hydrogen) atoms. The summed E-state index contributed by atoms with van der Waals surface area (Å²) in [6.07, 6.45) is 9.09. The second-order valence-corrected chi connectivity index (χ2v) is 6.86. The number of hydrogen-bond acceptors (Lipinski definition) is 3. The molecule has 3 N–H and O–H groups in total. The van der Waals surface area contributed by atoms with Crippen LogP contribution in [0.5, 0.6) is 0 Å². The molecule has 0 spiro atoms. The van der Waals surface area contributed by atoms with Crippen LogP contribution in [0.4, 0.5) is 0 Å². The summed E-state index contributed by atoms with van der Waals surface area (Å²) < 4.78 is 0. The molecule has 1 saturated carbocycles. The first-order valence-corrected chi connectivity index (χ1v) is 7.94. The Kier molecular flexibility index (Phi) is 3.81. The average molecular weight is 265 g/mol. The van der Waals surface area contributed by atoms with Crippen LogP contribution in [-0.4, -0.2) is 42.5 Å². The molecule has 108 valence electrons. The predicted octanol–water partition coefficient (Wildman–Crippen LogP) is 1.25. The predicted molar refractivity (Wildman–Crippen MR) is 75.7 cm³/mol. The highest BCUT2D eigenvalue weighted by molar-refractivity contribution is 5.77. The molecule has 0 radical (unpaired) electrons. The van der Waals surface area contributed by atoms with Crippen molar-refractivity contribution in [2.45, 2.75) is 63.5 Å². The van der Waals surface area contributed by atoms with Crippen molar-refractivity contribution < 1.29 is 4.79 Å². The summed E-state index contributed by atoms with van der Waals surface area (Å²) in [5.41, 5.74) is 5.97. The van der Waals surface area contributed by atoms with Crippen LogP contribution < -0.4 is 11.1 Å². The summed E-state index contributed by atoms with van der Waals surface area (Å²) in [6.45, 7) is 3.10. The third-order valence-corrected chi connectivity index (χ3v) is 5.57. The van der Waals surface area contributed by atoms with Gasteiger partial charge in [-0.2, -0.15) is 0 Å². The molecule has 3 aliphatic rings. The Morgan fingerprint density at radius 3 is 2.79 bits per heavy atom. The van der Waals surface area contributed by atoms with Crippen molar-refractivity contribution in [2.24, 2.45) is 11.1 Å². The van der Waals surface area contributed by atoms with E-state index in [2.05, 4.69) is 10.2 Å². The highest BCUT2D eigenvalue weighted by Crippen LogP contribution is 2.42. The van der Waals surface area contributed by atoms with E-state index in [4.69, 9.17) is 5.73 Å². The van der Waals surface area contributed by atoms with Crippen molar-refractivity contribution in [2.75, 3.05) is 19.6 Å². The van der Waals surface area contributed by atoms with Crippen LogP contribution >= 0.6 is 0 Å². The van der Waals surface area contributed by atoms with Gasteiger partial charge < -0.3 is 16.0 Å². The lowest BCUT2D eigenvalue weighted by molar-refractivity contribution is -0.125. The van der Waals surface area contributed by atoms with Gasteiger partial charge in [0.05, 0.1) is 0 Å². The maximum Gasteiger partial charge on any atom is 0.220 e. The molecule has 4 nitrogen and oxygen atoms in total. The lowest BCUT2D eigenvalue weighted by Crippen LogP contribution is -2.49. The Balaban J connectivity index is 1.47. The van der Waals surface area contributed by atoms with E-state index in [-0.39, 0.29) is 11.3 Å². The number of rotatable bonds is 4. The van der Waals surface area contributed by atoms with Gasteiger partial charge in [-0.3, -0.25) is 4.79 Å². The number of carbonyl (C=O) groups excluding carboxylic acids is 1. The molecular formula is C15H27N3O. The van der Waals surface area contributed by atoms with Gasteiger partial charge in [-0.25, -0.2) is 0 Å². The Morgan fingerprint density at radius 1 is 1.26 bits per heavy atom. The summed E-state index contributed by atoms with van der Waals surface area (Å²) in [5, 5.41) is 3.27. The van der Waals surface area contributed by atoms with Crippen LogP contribution in [0.3, 0.4) is 0 Å². The molecule has 0 aromatic heterocycles. The topological polar surface area (TPSA) is 58.4 Å². The van der Waals surface area contributed by atoms with Crippen LogP contribution in [0.1, 0.15) is 51.4 Å². The highest BCUT2D eigenvalue weighted by atomic mass is 16.1. The third-order valence-electron chi connectivity index (χ3n) is 5.57. The Hall–Kier alpha value is -0.610. The molecule has 0 aromatic rings. The molecule has 1 amide bonds. The quantitative estimate of drug-likeness (QED) is 0.804. The normalized spacial score (nSPS) is 33.5. The second-order valence-electron chi connectivity index (χ2n) is 6.86. The highest BCUT2D eigenvalue weighted by Gasteiger charge is 2.38. The van der Waals surface area contributed by atoms with E-state index >= 15 is 0 Å². The minimum atomic E-state index is 0.137. The molecule has 2 aliphatic heterocycles. The summed E-state index contributed by atoms with van der Waals surface area (Å²) in [7, 11) is 0. The Labute approximate surface area is 116 Å². The lowest BCUT2D eigenvalue weighted by atomic mass is 9.66. The molecule has 2 heterocycles. The van der Waals surface area contributed by atoms with Crippen LogP contribution in [0.2, 0.25) is 0 Å². The Bertz CT molecular complexity index is 335. The SMILES string of the molecule is NCC1(CC(=O)NC2CCN3CCCC3C2)CCC1. The fourth-order valence-electron chi connectivity index (χ4n) is 4.10. The van der Waals surface area contributed by atoms with Crippen molar-refractivity contribution in [1.82, 2.24) is 10.2 Å². The zero-order valence-electron chi connectivity index (χ0n) is 11.9. The molecule has 2 unspecified atom stereocenters. The molecule has 1 aliphatic carbocycles. The number of piperidine rings is 1. The molecule has 2 atom stereocenters. The van der Waals surface area contributed by atoms with Gasteiger partial charge in [-0.1, -0.05) is 6.42 Å². The van der Waals surface area contributed by atoms with E-state index in [9.17, 15) is 4.79 Å². The fraction of sp³-hybridized carbons (Fsp3) is 0.933. The Morgan fingerprint density at radius 2 is 2.11 bits per heavy atom. The largest absolute Gasteiger partial charge is 0.353 e. The maximum absolute atomic E-state index is 12.2. The van der Waals surface area contributed by atoms with Crippen molar-refractivity contribution in [3.05, 3.63) is 0 Å². The summed E-state index contributed by atoms with van der Waals surface area (Å²) in [5.74, 6) is 0.238. The van der Waals surface area contributed by atoms with E-state index < -0.39 is 0 Å². The molecule has 3 rings (SSSR count). The number of nitrogens with zero attached hydrogens (tertiary/aromatic N) is 1. The van der Waals surface area contributed by atoms with E-state index in [0.717, 1.165) is 38.3 Å². The van der Waals surface area contributed by atoms with Gasteiger partial charge in [-0.05, 0) is 57.0 Å². The number of nitrogens with one attached hydrogen (secondary N) is 1. The maximum atomic E-state index is 12.2. The smallest absolute Gasteiger partial charge is 0.220 e. The molecule has 0 aromatic carbocycles. The third kappa shape index (κ3) is 2.79. The first kappa shape index (κ1) is 13.4. The second kappa shape index (κ2) is 5.41. The lowest BCUT2D eigenvalue weighted by Gasteiger charge is -2.41. The van der Waals surface area contributed by atoms with Crippen molar-refractivity contribution in [3.8, 4) is 0 Å². The van der Waals surface area contributed by atoms with E-state index in [1.54, 1.807) is 0 Å².